The van der Waals surface area contributed by atoms with Crippen LogP contribution in [0.3, 0.4) is 0 Å². The van der Waals surface area contributed by atoms with Crippen molar-refractivity contribution in [2.24, 2.45) is 0 Å². The average molecular weight is 333 g/mol. The molecule has 0 aliphatic rings. The first-order valence-electron chi connectivity index (χ1n) is 6.71. The van der Waals surface area contributed by atoms with Gasteiger partial charge in [0, 0.05) is 16.6 Å². The lowest BCUT2D eigenvalue weighted by molar-refractivity contribution is 0.281. The second kappa shape index (κ2) is 5.72. The Morgan fingerprint density at radius 2 is 1.91 bits per heavy atom. The fourth-order valence-electron chi connectivity index (χ4n) is 2.42. The third kappa shape index (κ3) is 2.39. The fraction of sp³-hybridized carbons (Fsp3) is 0.125. The Morgan fingerprint density at radius 1 is 1.18 bits per heavy atom. The monoisotopic (exact) mass is 333 g/mol. The molecule has 22 heavy (non-hydrogen) atoms. The number of hydrogen-bond acceptors (Lipinski definition) is 4. The van der Waals surface area contributed by atoms with Crippen LogP contribution >= 0.6 is 11.3 Å². The number of hydrogen-bond donors (Lipinski definition) is 1. The maximum absolute atomic E-state index is 13.0. The summed E-state index contributed by atoms with van der Waals surface area (Å²) in [6.07, 6.45) is 0. The first-order valence-corrected chi connectivity index (χ1v) is 9.09. The second-order valence-corrected chi connectivity index (χ2v) is 7.46. The van der Waals surface area contributed by atoms with Crippen LogP contribution in [0, 0.1) is 6.92 Å². The first-order chi connectivity index (χ1) is 10.6. The van der Waals surface area contributed by atoms with Crippen LogP contribution < -0.4 is 0 Å². The highest BCUT2D eigenvalue weighted by Crippen LogP contribution is 2.31. The molecule has 0 saturated heterocycles. The minimum atomic E-state index is -3.71. The number of thiophene rings is 1. The zero-order chi connectivity index (χ0) is 15.7. The van der Waals surface area contributed by atoms with E-state index in [1.807, 2.05) is 16.8 Å². The molecule has 0 aliphatic carbocycles. The van der Waals surface area contributed by atoms with Crippen molar-refractivity contribution in [2.75, 3.05) is 0 Å². The smallest absolute Gasteiger partial charge is 0.268 e. The van der Waals surface area contributed by atoms with E-state index in [2.05, 4.69) is 0 Å². The Morgan fingerprint density at radius 3 is 2.50 bits per heavy atom. The van der Waals surface area contributed by atoms with Crippen LogP contribution in [0.1, 0.15) is 11.3 Å². The third-order valence-electron chi connectivity index (χ3n) is 3.57. The van der Waals surface area contributed by atoms with Crippen molar-refractivity contribution in [3.8, 4) is 11.3 Å². The summed E-state index contributed by atoms with van der Waals surface area (Å²) < 4.78 is 27.3. The van der Waals surface area contributed by atoms with Crippen LogP contribution in [0.15, 0.2) is 58.1 Å². The molecule has 3 rings (SSSR count). The standard InChI is InChI=1S/C16H15NO3S2/c1-12-14(10-18)9-16(13-7-8-21-11-13)17(12)22(19,20)15-5-3-2-4-6-15/h2-9,11,18H,10H2,1H3. The summed E-state index contributed by atoms with van der Waals surface area (Å²) in [5.41, 5.74) is 2.55. The summed E-state index contributed by atoms with van der Waals surface area (Å²) in [7, 11) is -3.71. The van der Waals surface area contributed by atoms with Gasteiger partial charge in [-0.1, -0.05) is 18.2 Å². The minimum Gasteiger partial charge on any atom is -0.392 e. The van der Waals surface area contributed by atoms with Crippen molar-refractivity contribution >= 4 is 21.4 Å². The molecule has 0 fully saturated rings. The maximum atomic E-state index is 13.0. The van der Waals surface area contributed by atoms with Gasteiger partial charge < -0.3 is 5.11 Å². The Balaban J connectivity index is 2.29. The zero-order valence-corrected chi connectivity index (χ0v) is 13.6. The van der Waals surface area contributed by atoms with E-state index in [-0.39, 0.29) is 11.5 Å². The Hall–Kier alpha value is -1.89. The zero-order valence-electron chi connectivity index (χ0n) is 11.9. The fourth-order valence-corrected chi connectivity index (χ4v) is 4.67. The molecule has 4 nitrogen and oxygen atoms in total. The van der Waals surface area contributed by atoms with Gasteiger partial charge in [-0.05, 0) is 42.1 Å². The SMILES string of the molecule is Cc1c(CO)cc(-c2ccsc2)n1S(=O)(=O)c1ccccc1. The topological polar surface area (TPSA) is 59.3 Å². The molecule has 0 radical (unpaired) electrons. The summed E-state index contributed by atoms with van der Waals surface area (Å²) in [4.78, 5) is 0.231. The molecule has 3 aromatic rings. The van der Waals surface area contributed by atoms with Gasteiger partial charge in [-0.3, -0.25) is 0 Å². The van der Waals surface area contributed by atoms with Gasteiger partial charge in [0.05, 0.1) is 17.2 Å². The molecule has 1 N–H and O–H groups in total. The van der Waals surface area contributed by atoms with E-state index in [1.165, 1.54) is 15.3 Å². The van der Waals surface area contributed by atoms with E-state index in [1.54, 1.807) is 43.3 Å². The summed E-state index contributed by atoms with van der Waals surface area (Å²) >= 11 is 1.50. The summed E-state index contributed by atoms with van der Waals surface area (Å²) in [5, 5.41) is 13.3. The molecule has 0 spiro atoms. The Bertz CT molecular complexity index is 879. The molecule has 0 amide bonds. The molecule has 0 unspecified atom stereocenters. The largest absolute Gasteiger partial charge is 0.392 e. The molecular formula is C16H15NO3S2. The van der Waals surface area contributed by atoms with Gasteiger partial charge in [0.25, 0.3) is 10.0 Å². The lowest BCUT2D eigenvalue weighted by atomic mass is 10.2. The summed E-state index contributed by atoms with van der Waals surface area (Å²) in [6.45, 7) is 1.52. The van der Waals surface area contributed by atoms with Gasteiger partial charge in [-0.15, -0.1) is 0 Å². The number of rotatable bonds is 4. The predicted molar refractivity (Wildman–Crippen MR) is 87.4 cm³/mol. The van der Waals surface area contributed by atoms with E-state index in [0.29, 0.717) is 17.0 Å². The van der Waals surface area contributed by atoms with Gasteiger partial charge in [-0.2, -0.15) is 11.3 Å². The molecule has 6 heteroatoms. The van der Waals surface area contributed by atoms with Crippen molar-refractivity contribution in [3.05, 3.63) is 64.5 Å². The lowest BCUT2D eigenvalue weighted by Crippen LogP contribution is -2.15. The number of benzene rings is 1. The van der Waals surface area contributed by atoms with Gasteiger partial charge in [0.1, 0.15) is 0 Å². The average Bonchev–Trinajstić information content (AvgIpc) is 3.15. The quantitative estimate of drug-likeness (QED) is 0.797. The molecule has 0 bridgehead atoms. The van der Waals surface area contributed by atoms with Gasteiger partial charge in [0.15, 0.2) is 0 Å². The van der Waals surface area contributed by atoms with Crippen molar-refractivity contribution < 1.29 is 13.5 Å². The van der Waals surface area contributed by atoms with Crippen molar-refractivity contribution in [3.63, 3.8) is 0 Å². The van der Waals surface area contributed by atoms with E-state index >= 15 is 0 Å². The molecule has 2 heterocycles. The summed E-state index contributed by atoms with van der Waals surface area (Å²) in [5.74, 6) is 0. The molecule has 1 aromatic carbocycles. The number of aliphatic hydroxyl groups excluding tert-OH is 1. The van der Waals surface area contributed by atoms with Crippen LogP contribution in [0.4, 0.5) is 0 Å². The summed E-state index contributed by atoms with van der Waals surface area (Å²) in [6, 6.07) is 11.9. The number of nitrogens with zero attached hydrogens (tertiary/aromatic N) is 1. The third-order valence-corrected chi connectivity index (χ3v) is 6.07. The van der Waals surface area contributed by atoms with Gasteiger partial charge >= 0.3 is 0 Å². The highest BCUT2D eigenvalue weighted by molar-refractivity contribution is 7.90. The first kappa shape index (κ1) is 15.0. The number of aliphatic hydroxyl groups is 1. The van der Waals surface area contributed by atoms with E-state index in [4.69, 9.17) is 0 Å². The van der Waals surface area contributed by atoms with Crippen molar-refractivity contribution in [1.82, 2.24) is 3.97 Å². The lowest BCUT2D eigenvalue weighted by Gasteiger charge is -2.12. The normalized spacial score (nSPS) is 11.7. The molecule has 0 saturated carbocycles. The van der Waals surface area contributed by atoms with Crippen LogP contribution in [0.25, 0.3) is 11.3 Å². The van der Waals surface area contributed by atoms with Gasteiger partial charge in [-0.25, -0.2) is 12.4 Å². The maximum Gasteiger partial charge on any atom is 0.268 e. The van der Waals surface area contributed by atoms with E-state index in [9.17, 15) is 13.5 Å². The molecule has 2 aromatic heterocycles. The van der Waals surface area contributed by atoms with E-state index in [0.717, 1.165) is 5.56 Å². The highest BCUT2D eigenvalue weighted by Gasteiger charge is 2.24. The molecule has 0 atom stereocenters. The van der Waals surface area contributed by atoms with Crippen molar-refractivity contribution in [2.45, 2.75) is 18.4 Å². The van der Waals surface area contributed by atoms with Crippen LogP contribution in [-0.4, -0.2) is 17.5 Å². The highest BCUT2D eigenvalue weighted by atomic mass is 32.2. The van der Waals surface area contributed by atoms with Crippen molar-refractivity contribution in [1.29, 1.82) is 0 Å². The van der Waals surface area contributed by atoms with Crippen LogP contribution in [-0.2, 0) is 16.6 Å². The molecular weight excluding hydrogens is 318 g/mol. The predicted octanol–water partition coefficient (Wildman–Crippen LogP) is 3.25. The van der Waals surface area contributed by atoms with Crippen LogP contribution in [0.2, 0.25) is 0 Å². The number of aromatic nitrogens is 1. The molecule has 114 valence electrons. The Labute approximate surface area is 133 Å². The Kier molecular flexibility index (Phi) is 3.90. The molecule has 0 aliphatic heterocycles. The van der Waals surface area contributed by atoms with E-state index < -0.39 is 10.0 Å². The van der Waals surface area contributed by atoms with Gasteiger partial charge in [0.2, 0.25) is 0 Å². The van der Waals surface area contributed by atoms with Crippen LogP contribution in [0.5, 0.6) is 0 Å². The minimum absolute atomic E-state index is 0.194. The second-order valence-electron chi connectivity index (χ2n) is 4.89.